The Kier molecular flexibility index (Phi) is 4.36. The van der Waals surface area contributed by atoms with Crippen molar-refractivity contribution in [1.29, 1.82) is 0 Å². The van der Waals surface area contributed by atoms with Gasteiger partial charge in [-0.15, -0.1) is 0 Å². The summed E-state index contributed by atoms with van der Waals surface area (Å²) in [4.78, 5) is 38.1. The zero-order valence-corrected chi connectivity index (χ0v) is 15.4. The van der Waals surface area contributed by atoms with Gasteiger partial charge >= 0.3 is 0 Å². The van der Waals surface area contributed by atoms with Crippen LogP contribution >= 0.6 is 0 Å². The van der Waals surface area contributed by atoms with E-state index in [0.717, 1.165) is 21.5 Å². The van der Waals surface area contributed by atoms with Gasteiger partial charge in [0.05, 0.1) is 0 Å². The van der Waals surface area contributed by atoms with Gasteiger partial charge in [0.1, 0.15) is 5.41 Å². The number of fused-ring (bicyclic) bond motifs is 2. The third kappa shape index (κ3) is 2.48. The molecule has 4 aromatic carbocycles. The maximum atomic E-state index is 13.2. The lowest BCUT2D eigenvalue weighted by atomic mass is 9.66. The monoisotopic (exact) mass is 366 g/mol. The number of carbonyl (C=O) groups is 3. The highest BCUT2D eigenvalue weighted by molar-refractivity contribution is 6.39. The molecule has 0 fully saturated rings. The molecular weight excluding hydrogens is 348 g/mol. The highest BCUT2D eigenvalue weighted by Crippen LogP contribution is 2.41. The van der Waals surface area contributed by atoms with Crippen LogP contribution in [-0.2, 0) is 19.8 Å². The average Bonchev–Trinajstić information content (AvgIpc) is 2.74. The Morgan fingerprint density at radius 2 is 1.11 bits per heavy atom. The third-order valence-electron chi connectivity index (χ3n) is 5.39. The number of rotatable bonds is 5. The smallest absolute Gasteiger partial charge is 0.217 e. The quantitative estimate of drug-likeness (QED) is 0.294. The molecule has 0 bridgehead atoms. The van der Waals surface area contributed by atoms with Gasteiger partial charge in [-0.25, -0.2) is 0 Å². The van der Waals surface area contributed by atoms with Crippen LogP contribution in [-0.4, -0.2) is 17.9 Å². The van der Waals surface area contributed by atoms with Crippen molar-refractivity contribution in [2.75, 3.05) is 0 Å². The van der Waals surface area contributed by atoms with Gasteiger partial charge in [0.2, 0.25) is 5.78 Å². The maximum absolute atomic E-state index is 13.2. The zero-order valence-electron chi connectivity index (χ0n) is 15.4. The molecule has 0 unspecified atom stereocenters. The summed E-state index contributed by atoms with van der Waals surface area (Å²) in [5.74, 6) is -1.13. The van der Waals surface area contributed by atoms with Gasteiger partial charge in [0.15, 0.2) is 12.1 Å². The van der Waals surface area contributed by atoms with Crippen molar-refractivity contribution >= 4 is 39.4 Å². The van der Waals surface area contributed by atoms with E-state index in [1.807, 2.05) is 72.8 Å². The first-order valence-electron chi connectivity index (χ1n) is 9.08. The SMILES string of the molecule is CC(=O)C(C(=O)C=O)(c1cccc2ccccc12)c1cccc2ccccc12. The van der Waals surface area contributed by atoms with E-state index in [1.165, 1.54) is 6.92 Å². The van der Waals surface area contributed by atoms with Crippen LogP contribution in [0.3, 0.4) is 0 Å². The average molecular weight is 366 g/mol. The fourth-order valence-corrected chi connectivity index (χ4v) is 4.16. The fraction of sp³-hybridized carbons (Fsp3) is 0.0800. The number of hydrogen-bond acceptors (Lipinski definition) is 3. The van der Waals surface area contributed by atoms with Gasteiger partial charge in [0.25, 0.3) is 0 Å². The summed E-state index contributed by atoms with van der Waals surface area (Å²) in [5, 5.41) is 3.38. The Hall–Kier alpha value is -3.59. The molecule has 0 amide bonds. The van der Waals surface area contributed by atoms with Crippen molar-refractivity contribution in [2.45, 2.75) is 12.3 Å². The van der Waals surface area contributed by atoms with Gasteiger partial charge in [0, 0.05) is 0 Å². The van der Waals surface area contributed by atoms with Crippen molar-refractivity contribution in [3.05, 3.63) is 96.1 Å². The maximum Gasteiger partial charge on any atom is 0.217 e. The number of ketones is 2. The number of aldehydes is 1. The van der Waals surface area contributed by atoms with Crippen LogP contribution in [0.4, 0.5) is 0 Å². The van der Waals surface area contributed by atoms with Crippen molar-refractivity contribution in [3.63, 3.8) is 0 Å². The van der Waals surface area contributed by atoms with Gasteiger partial charge in [-0.1, -0.05) is 84.9 Å². The standard InChI is InChI=1S/C25H18O3/c1-17(27)25(24(28)16-26,22-14-6-10-18-8-2-4-12-20(18)22)23-15-7-11-19-9-3-5-13-21(19)23/h2-16H,1H3. The topological polar surface area (TPSA) is 51.2 Å². The van der Waals surface area contributed by atoms with Crippen LogP contribution in [0.5, 0.6) is 0 Å². The highest BCUT2D eigenvalue weighted by atomic mass is 16.2. The third-order valence-corrected chi connectivity index (χ3v) is 5.39. The van der Waals surface area contributed by atoms with E-state index in [9.17, 15) is 14.4 Å². The van der Waals surface area contributed by atoms with E-state index < -0.39 is 11.2 Å². The van der Waals surface area contributed by atoms with E-state index in [1.54, 1.807) is 12.1 Å². The minimum atomic E-state index is -1.69. The number of hydrogen-bond donors (Lipinski definition) is 0. The molecule has 4 rings (SSSR count). The Morgan fingerprint density at radius 3 is 1.54 bits per heavy atom. The summed E-state index contributed by atoms with van der Waals surface area (Å²) in [6.07, 6.45) is 0.269. The Balaban J connectivity index is 2.22. The summed E-state index contributed by atoms with van der Waals surface area (Å²) in [6.45, 7) is 1.38. The molecule has 3 nitrogen and oxygen atoms in total. The second-order valence-corrected chi connectivity index (χ2v) is 6.84. The first kappa shape index (κ1) is 17.8. The molecule has 3 heteroatoms. The second-order valence-electron chi connectivity index (χ2n) is 6.84. The summed E-state index contributed by atoms with van der Waals surface area (Å²) in [5.41, 5.74) is -0.623. The lowest BCUT2D eigenvalue weighted by molar-refractivity contribution is -0.137. The molecule has 0 saturated heterocycles. The predicted octanol–water partition coefficient (Wildman–Crippen LogP) is 4.64. The second kappa shape index (κ2) is 6.86. The minimum Gasteiger partial charge on any atom is -0.298 e. The highest BCUT2D eigenvalue weighted by Gasteiger charge is 2.48. The molecule has 0 radical (unpaired) electrons. The lowest BCUT2D eigenvalue weighted by Gasteiger charge is -2.31. The molecule has 0 atom stereocenters. The molecule has 0 N–H and O–H groups in total. The molecule has 0 spiro atoms. The van der Waals surface area contributed by atoms with E-state index in [4.69, 9.17) is 0 Å². The molecule has 4 aromatic rings. The van der Waals surface area contributed by atoms with Gasteiger partial charge < -0.3 is 0 Å². The van der Waals surface area contributed by atoms with Crippen LogP contribution in [0.15, 0.2) is 84.9 Å². The summed E-state index contributed by atoms with van der Waals surface area (Å²) < 4.78 is 0. The molecule has 0 aromatic heterocycles. The summed E-state index contributed by atoms with van der Waals surface area (Å²) >= 11 is 0. The van der Waals surface area contributed by atoms with Gasteiger partial charge in [-0.05, 0) is 39.6 Å². The zero-order chi connectivity index (χ0) is 19.7. The number of Topliss-reactive ketones (excluding diaryl/α,β-unsaturated/α-hetero) is 2. The van der Waals surface area contributed by atoms with Crippen LogP contribution < -0.4 is 0 Å². The lowest BCUT2D eigenvalue weighted by Crippen LogP contribution is -2.44. The Labute approximate surface area is 162 Å². The first-order chi connectivity index (χ1) is 13.6. The molecule has 0 heterocycles. The Morgan fingerprint density at radius 1 is 0.679 bits per heavy atom. The normalized spacial score (nSPS) is 11.5. The minimum absolute atomic E-state index is 0.269. The molecule has 28 heavy (non-hydrogen) atoms. The van der Waals surface area contributed by atoms with Crippen LogP contribution in [0.2, 0.25) is 0 Å². The molecule has 0 aliphatic heterocycles. The van der Waals surface area contributed by atoms with Crippen LogP contribution in [0.1, 0.15) is 18.1 Å². The van der Waals surface area contributed by atoms with E-state index in [0.29, 0.717) is 11.1 Å². The first-order valence-corrected chi connectivity index (χ1v) is 9.08. The number of benzene rings is 4. The van der Waals surface area contributed by atoms with Crippen LogP contribution in [0, 0.1) is 0 Å². The molecule has 0 aliphatic rings. The van der Waals surface area contributed by atoms with E-state index in [-0.39, 0.29) is 12.1 Å². The van der Waals surface area contributed by atoms with Crippen molar-refractivity contribution < 1.29 is 14.4 Å². The molecular formula is C25H18O3. The summed E-state index contributed by atoms with van der Waals surface area (Å²) in [6, 6.07) is 26.2. The molecule has 0 saturated carbocycles. The molecule has 136 valence electrons. The van der Waals surface area contributed by atoms with Gasteiger partial charge in [-0.3, -0.25) is 14.4 Å². The van der Waals surface area contributed by atoms with Crippen LogP contribution in [0.25, 0.3) is 21.5 Å². The van der Waals surface area contributed by atoms with E-state index in [2.05, 4.69) is 0 Å². The predicted molar refractivity (Wildman–Crippen MR) is 110 cm³/mol. The summed E-state index contributed by atoms with van der Waals surface area (Å²) in [7, 11) is 0. The van der Waals surface area contributed by atoms with Crippen molar-refractivity contribution in [1.82, 2.24) is 0 Å². The fourth-order valence-electron chi connectivity index (χ4n) is 4.16. The molecule has 0 aliphatic carbocycles. The number of carbonyl (C=O) groups excluding carboxylic acids is 3. The van der Waals surface area contributed by atoms with Gasteiger partial charge in [-0.2, -0.15) is 0 Å². The van der Waals surface area contributed by atoms with E-state index >= 15 is 0 Å². The Bertz CT molecular complexity index is 1150. The van der Waals surface area contributed by atoms with Crippen molar-refractivity contribution in [2.24, 2.45) is 0 Å². The van der Waals surface area contributed by atoms with Crippen molar-refractivity contribution in [3.8, 4) is 0 Å². The largest absolute Gasteiger partial charge is 0.298 e.